The number of aliphatic imine (C=N–C) groups is 1. The summed E-state index contributed by atoms with van der Waals surface area (Å²) in [5.41, 5.74) is 4.27. The van der Waals surface area contributed by atoms with Crippen LogP contribution in [0, 0.1) is 13.8 Å². The standard InChI is InChI=1S/C20H21ClN6/c1-13-3-8-17-14(2)24-20(25-18(17)9-13)26-19-22-11-27(12-23-19)10-15-4-6-16(21)7-5-15/h3-9H,10-12H2,1-2H3,(H2,22,23,24,25,26). The molecule has 7 heteroatoms. The molecule has 1 aliphatic rings. The highest BCUT2D eigenvalue weighted by Gasteiger charge is 2.14. The number of halogens is 1. The third kappa shape index (κ3) is 4.18. The lowest BCUT2D eigenvalue weighted by molar-refractivity contribution is 0.256. The molecule has 2 aromatic carbocycles. The van der Waals surface area contributed by atoms with Gasteiger partial charge in [-0.05, 0) is 43.2 Å². The van der Waals surface area contributed by atoms with E-state index in [1.165, 1.54) is 11.1 Å². The van der Waals surface area contributed by atoms with Gasteiger partial charge in [0.15, 0.2) is 0 Å². The number of guanidine groups is 1. The first-order valence-corrected chi connectivity index (χ1v) is 9.22. The molecule has 0 spiro atoms. The van der Waals surface area contributed by atoms with Gasteiger partial charge < -0.3 is 5.32 Å². The zero-order chi connectivity index (χ0) is 18.8. The molecule has 1 aromatic heterocycles. The summed E-state index contributed by atoms with van der Waals surface area (Å²) >= 11 is 5.94. The van der Waals surface area contributed by atoms with E-state index in [1.807, 2.05) is 31.2 Å². The molecule has 1 aliphatic heterocycles. The van der Waals surface area contributed by atoms with Crippen LogP contribution in [0.5, 0.6) is 0 Å². The molecule has 6 nitrogen and oxygen atoms in total. The van der Waals surface area contributed by atoms with Gasteiger partial charge in [0.2, 0.25) is 11.9 Å². The maximum Gasteiger partial charge on any atom is 0.230 e. The summed E-state index contributed by atoms with van der Waals surface area (Å²) in [7, 11) is 0. The van der Waals surface area contributed by atoms with Gasteiger partial charge in [0.25, 0.3) is 0 Å². The van der Waals surface area contributed by atoms with Crippen LogP contribution < -0.4 is 10.6 Å². The van der Waals surface area contributed by atoms with E-state index in [4.69, 9.17) is 11.6 Å². The summed E-state index contributed by atoms with van der Waals surface area (Å²) in [5, 5.41) is 8.30. The molecule has 2 N–H and O–H groups in total. The van der Waals surface area contributed by atoms with Gasteiger partial charge in [-0.3, -0.25) is 10.2 Å². The van der Waals surface area contributed by atoms with Crippen molar-refractivity contribution in [3.8, 4) is 0 Å². The van der Waals surface area contributed by atoms with Gasteiger partial charge in [-0.15, -0.1) is 0 Å². The van der Waals surface area contributed by atoms with Crippen LogP contribution in [0.2, 0.25) is 5.02 Å². The van der Waals surface area contributed by atoms with E-state index >= 15 is 0 Å². The highest BCUT2D eigenvalue weighted by Crippen LogP contribution is 2.18. The molecule has 4 rings (SSSR count). The third-order valence-corrected chi connectivity index (χ3v) is 4.74. The molecule has 0 saturated carbocycles. The normalized spacial score (nSPS) is 14.7. The van der Waals surface area contributed by atoms with E-state index < -0.39 is 0 Å². The number of fused-ring (bicyclic) bond motifs is 1. The smallest absolute Gasteiger partial charge is 0.230 e. The molecule has 27 heavy (non-hydrogen) atoms. The zero-order valence-electron chi connectivity index (χ0n) is 15.3. The Morgan fingerprint density at radius 3 is 2.67 bits per heavy atom. The Balaban J connectivity index is 1.44. The molecule has 0 radical (unpaired) electrons. The predicted molar refractivity (Wildman–Crippen MR) is 110 cm³/mol. The molecule has 0 amide bonds. The lowest BCUT2D eigenvalue weighted by atomic mass is 10.1. The second-order valence-corrected chi connectivity index (χ2v) is 7.15. The van der Waals surface area contributed by atoms with Crippen molar-refractivity contribution in [1.29, 1.82) is 0 Å². The summed E-state index contributed by atoms with van der Waals surface area (Å²) in [6.45, 7) is 6.16. The Bertz CT molecular complexity index is 999. The van der Waals surface area contributed by atoms with Crippen molar-refractivity contribution >= 4 is 34.4 Å². The van der Waals surface area contributed by atoms with Crippen molar-refractivity contribution in [2.75, 3.05) is 18.7 Å². The number of aryl methyl sites for hydroxylation is 2. The predicted octanol–water partition coefficient (Wildman–Crippen LogP) is 3.69. The number of benzene rings is 2. The molecule has 3 aromatic rings. The van der Waals surface area contributed by atoms with Crippen LogP contribution in [0.1, 0.15) is 16.8 Å². The minimum Gasteiger partial charge on any atom is -0.343 e. The molecule has 0 atom stereocenters. The fourth-order valence-corrected chi connectivity index (χ4v) is 3.19. The van der Waals surface area contributed by atoms with Crippen molar-refractivity contribution in [2.24, 2.45) is 4.99 Å². The van der Waals surface area contributed by atoms with Crippen LogP contribution in [0.4, 0.5) is 5.95 Å². The van der Waals surface area contributed by atoms with Crippen molar-refractivity contribution in [2.45, 2.75) is 20.4 Å². The minimum absolute atomic E-state index is 0.558. The Morgan fingerprint density at radius 1 is 1.11 bits per heavy atom. The summed E-state index contributed by atoms with van der Waals surface area (Å²) < 4.78 is 0. The number of rotatable bonds is 3. The Morgan fingerprint density at radius 2 is 1.93 bits per heavy atom. The lowest BCUT2D eigenvalue weighted by Crippen LogP contribution is -2.45. The number of nitrogens with zero attached hydrogens (tertiary/aromatic N) is 4. The Kier molecular flexibility index (Phi) is 4.92. The first-order chi connectivity index (χ1) is 13.1. The highest BCUT2D eigenvalue weighted by molar-refractivity contribution is 6.30. The SMILES string of the molecule is Cc1ccc2c(C)nc(NC3=NCN(Cc4ccc(Cl)cc4)CN3)nc2c1. The van der Waals surface area contributed by atoms with Crippen molar-refractivity contribution in [3.05, 3.63) is 64.3 Å². The van der Waals surface area contributed by atoms with E-state index in [0.29, 0.717) is 25.2 Å². The molecule has 0 fully saturated rings. The minimum atomic E-state index is 0.558. The van der Waals surface area contributed by atoms with E-state index in [1.54, 1.807) is 0 Å². The van der Waals surface area contributed by atoms with Crippen LogP contribution >= 0.6 is 11.6 Å². The number of hydrogen-bond acceptors (Lipinski definition) is 6. The van der Waals surface area contributed by atoms with Crippen LogP contribution in [-0.4, -0.2) is 34.2 Å². The first kappa shape index (κ1) is 17.7. The first-order valence-electron chi connectivity index (χ1n) is 8.84. The van der Waals surface area contributed by atoms with Gasteiger partial charge in [0.1, 0.15) is 0 Å². The molecular weight excluding hydrogens is 360 g/mol. The van der Waals surface area contributed by atoms with Crippen LogP contribution in [0.25, 0.3) is 10.9 Å². The van der Waals surface area contributed by atoms with E-state index in [0.717, 1.165) is 28.2 Å². The maximum absolute atomic E-state index is 5.94. The van der Waals surface area contributed by atoms with Crippen molar-refractivity contribution in [3.63, 3.8) is 0 Å². The van der Waals surface area contributed by atoms with Crippen LogP contribution in [-0.2, 0) is 6.54 Å². The largest absolute Gasteiger partial charge is 0.343 e. The van der Waals surface area contributed by atoms with Crippen molar-refractivity contribution < 1.29 is 0 Å². The quantitative estimate of drug-likeness (QED) is 0.725. The topological polar surface area (TPSA) is 65.4 Å². The second kappa shape index (κ2) is 7.50. The van der Waals surface area contributed by atoms with Gasteiger partial charge in [-0.25, -0.2) is 15.0 Å². The summed E-state index contributed by atoms with van der Waals surface area (Å²) in [6, 6.07) is 14.1. The number of nitrogens with one attached hydrogen (secondary N) is 2. The van der Waals surface area contributed by atoms with Crippen LogP contribution in [0.15, 0.2) is 47.5 Å². The molecule has 2 heterocycles. The molecule has 138 valence electrons. The fourth-order valence-electron chi connectivity index (χ4n) is 3.06. The Hall–Kier alpha value is -2.70. The summed E-state index contributed by atoms with van der Waals surface area (Å²) in [6.07, 6.45) is 0. The Labute approximate surface area is 163 Å². The summed E-state index contributed by atoms with van der Waals surface area (Å²) in [4.78, 5) is 15.9. The average Bonchev–Trinajstić information content (AvgIpc) is 2.65. The molecular formula is C20H21ClN6. The van der Waals surface area contributed by atoms with Gasteiger partial charge in [-0.1, -0.05) is 35.9 Å². The van der Waals surface area contributed by atoms with Gasteiger partial charge in [0.05, 0.1) is 24.5 Å². The number of anilines is 1. The fraction of sp³-hybridized carbons (Fsp3) is 0.250. The summed E-state index contributed by atoms with van der Waals surface area (Å²) in [5.74, 6) is 1.25. The molecule has 0 aliphatic carbocycles. The van der Waals surface area contributed by atoms with E-state index in [2.05, 4.69) is 55.6 Å². The zero-order valence-corrected chi connectivity index (χ0v) is 16.1. The van der Waals surface area contributed by atoms with E-state index in [9.17, 15) is 0 Å². The highest BCUT2D eigenvalue weighted by atomic mass is 35.5. The molecule has 0 unspecified atom stereocenters. The number of hydrogen-bond donors (Lipinski definition) is 2. The maximum atomic E-state index is 5.94. The monoisotopic (exact) mass is 380 g/mol. The number of aromatic nitrogens is 2. The van der Waals surface area contributed by atoms with Crippen LogP contribution in [0.3, 0.4) is 0 Å². The van der Waals surface area contributed by atoms with Crippen molar-refractivity contribution in [1.82, 2.24) is 20.2 Å². The van der Waals surface area contributed by atoms with Gasteiger partial charge in [0, 0.05) is 17.0 Å². The van der Waals surface area contributed by atoms with Gasteiger partial charge >= 0.3 is 0 Å². The second-order valence-electron chi connectivity index (χ2n) is 6.72. The lowest BCUT2D eigenvalue weighted by Gasteiger charge is -2.26. The van der Waals surface area contributed by atoms with E-state index in [-0.39, 0.29) is 0 Å². The molecule has 0 saturated heterocycles. The molecule has 0 bridgehead atoms. The third-order valence-electron chi connectivity index (χ3n) is 4.49. The van der Waals surface area contributed by atoms with Gasteiger partial charge in [-0.2, -0.15) is 0 Å². The average molecular weight is 381 g/mol.